The van der Waals surface area contributed by atoms with Crippen LogP contribution in [-0.2, 0) is 0 Å². The Morgan fingerprint density at radius 1 is 1.25 bits per heavy atom. The number of hydrogen-bond acceptors (Lipinski definition) is 2. The van der Waals surface area contributed by atoms with Crippen molar-refractivity contribution in [3.8, 4) is 0 Å². The fourth-order valence-electron chi connectivity index (χ4n) is 1.12. The molecule has 0 saturated carbocycles. The molecule has 0 fully saturated rings. The average molecular weight is 235 g/mol. The Hall–Kier alpha value is -1.94. The van der Waals surface area contributed by atoms with Gasteiger partial charge in [0.2, 0.25) is 6.33 Å². The maximum Gasteiger partial charge on any atom is 0.288 e. The van der Waals surface area contributed by atoms with Crippen LogP contribution in [0.1, 0.15) is 5.56 Å². The van der Waals surface area contributed by atoms with E-state index in [-0.39, 0.29) is 12.4 Å². The molecule has 1 heterocycles. The van der Waals surface area contributed by atoms with Gasteiger partial charge in [0, 0.05) is 5.10 Å². The molecule has 5 heteroatoms. The number of nitrogens with zero attached hydrogens (tertiary/aromatic N) is 3. The van der Waals surface area contributed by atoms with Gasteiger partial charge < -0.3 is 12.4 Å². The van der Waals surface area contributed by atoms with Crippen molar-refractivity contribution in [3.05, 3.63) is 54.6 Å². The van der Waals surface area contributed by atoms with Gasteiger partial charge in [-0.15, -0.1) is 14.9 Å². The van der Waals surface area contributed by atoms with Gasteiger partial charge in [-0.2, -0.15) is 0 Å². The summed E-state index contributed by atoms with van der Waals surface area (Å²) in [4.78, 5) is 0. The molecular formula is C11H11ClN4. The van der Waals surface area contributed by atoms with Crippen LogP contribution in [0.2, 0.25) is 0 Å². The maximum absolute atomic E-state index is 4.09. The number of halogens is 1. The summed E-state index contributed by atoms with van der Waals surface area (Å²) in [5, 5.41) is 10.5. The van der Waals surface area contributed by atoms with Crippen molar-refractivity contribution >= 4 is 12.3 Å². The highest BCUT2D eigenvalue weighted by atomic mass is 35.5. The molecule has 1 N–H and O–H groups in total. The van der Waals surface area contributed by atoms with Crippen molar-refractivity contribution in [1.82, 2.24) is 10.2 Å². The Morgan fingerprint density at radius 3 is 2.75 bits per heavy atom. The molecular weight excluding hydrogens is 224 g/mol. The van der Waals surface area contributed by atoms with Gasteiger partial charge in [0.1, 0.15) is 0 Å². The Kier molecular flexibility index (Phi) is 4.95. The molecule has 2 aromatic rings. The van der Waals surface area contributed by atoms with Crippen molar-refractivity contribution in [3.63, 3.8) is 0 Å². The molecule has 0 aliphatic rings. The molecule has 82 valence electrons. The summed E-state index contributed by atoms with van der Waals surface area (Å²) in [7, 11) is 0. The Balaban J connectivity index is 0.00000128. The standard InChI is InChI=1S/C11H10N4.ClH/c1-2-5-11(6-3-1)7-4-8-14-15-9-12-13-10-15;/h1-10H;1H/b7-4+,14-8+;. The average Bonchev–Trinajstić information content (AvgIpc) is 2.79. The van der Waals surface area contributed by atoms with Gasteiger partial charge in [0.05, 0.1) is 6.21 Å². The summed E-state index contributed by atoms with van der Waals surface area (Å²) in [5.41, 5.74) is 1.15. The summed E-state index contributed by atoms with van der Waals surface area (Å²) in [6, 6.07) is 10.1. The molecule has 0 atom stereocenters. The SMILES string of the molecule is C(=C\c1ccccc1)/C=N/[n+]1cn[nH]c1.[Cl-]. The van der Waals surface area contributed by atoms with Crippen LogP contribution in [-0.4, -0.2) is 16.4 Å². The van der Waals surface area contributed by atoms with E-state index in [4.69, 9.17) is 0 Å². The van der Waals surface area contributed by atoms with Gasteiger partial charge in [-0.3, -0.25) is 0 Å². The highest BCUT2D eigenvalue weighted by Gasteiger charge is 1.88. The van der Waals surface area contributed by atoms with E-state index < -0.39 is 0 Å². The first-order chi connectivity index (χ1) is 7.45. The van der Waals surface area contributed by atoms with Crippen LogP contribution in [0.5, 0.6) is 0 Å². The topological polar surface area (TPSA) is 44.9 Å². The molecule has 4 nitrogen and oxygen atoms in total. The Morgan fingerprint density at radius 2 is 2.06 bits per heavy atom. The van der Waals surface area contributed by atoms with Gasteiger partial charge >= 0.3 is 0 Å². The van der Waals surface area contributed by atoms with Gasteiger partial charge in [-0.25, -0.2) is 0 Å². The summed E-state index contributed by atoms with van der Waals surface area (Å²) >= 11 is 0. The third kappa shape index (κ3) is 3.67. The molecule has 2 rings (SSSR count). The lowest BCUT2D eigenvalue weighted by atomic mass is 10.2. The number of benzene rings is 1. The Labute approximate surface area is 99.7 Å². The highest BCUT2D eigenvalue weighted by molar-refractivity contribution is 5.77. The Bertz CT molecular complexity index is 448. The monoisotopic (exact) mass is 234 g/mol. The zero-order chi connectivity index (χ0) is 10.3. The molecule has 0 unspecified atom stereocenters. The van der Waals surface area contributed by atoms with Crippen LogP contribution in [0.4, 0.5) is 0 Å². The lowest BCUT2D eigenvalue weighted by Gasteiger charge is -1.87. The molecule has 0 radical (unpaired) electrons. The van der Waals surface area contributed by atoms with Crippen molar-refractivity contribution in [1.29, 1.82) is 0 Å². The quantitative estimate of drug-likeness (QED) is 0.497. The first kappa shape index (κ1) is 12.1. The molecule has 0 aliphatic carbocycles. The molecule has 0 bridgehead atoms. The van der Waals surface area contributed by atoms with Gasteiger partial charge in [0.15, 0.2) is 0 Å². The van der Waals surface area contributed by atoms with E-state index in [1.54, 1.807) is 23.5 Å². The largest absolute Gasteiger partial charge is 1.00 e. The van der Waals surface area contributed by atoms with Crippen molar-refractivity contribution < 1.29 is 17.1 Å². The molecule has 1 aromatic carbocycles. The molecule has 0 amide bonds. The van der Waals surface area contributed by atoms with Crippen LogP contribution >= 0.6 is 0 Å². The fourth-order valence-corrected chi connectivity index (χ4v) is 1.12. The zero-order valence-electron chi connectivity index (χ0n) is 8.49. The normalized spacial score (nSPS) is 10.8. The minimum absolute atomic E-state index is 0. The maximum atomic E-state index is 4.09. The molecule has 16 heavy (non-hydrogen) atoms. The molecule has 0 spiro atoms. The van der Waals surface area contributed by atoms with E-state index in [9.17, 15) is 0 Å². The second kappa shape index (κ2) is 6.53. The number of hydrogen-bond donors (Lipinski definition) is 1. The highest BCUT2D eigenvalue weighted by Crippen LogP contribution is 1.99. The zero-order valence-corrected chi connectivity index (χ0v) is 9.25. The predicted molar refractivity (Wildman–Crippen MR) is 58.1 cm³/mol. The molecule has 0 saturated heterocycles. The summed E-state index contributed by atoms with van der Waals surface area (Å²) in [6.45, 7) is 0. The number of aromatic nitrogens is 3. The number of rotatable bonds is 3. The minimum Gasteiger partial charge on any atom is -1.00 e. The number of nitrogens with one attached hydrogen (secondary N) is 1. The second-order valence-corrected chi connectivity index (χ2v) is 2.92. The first-order valence-corrected chi connectivity index (χ1v) is 4.61. The predicted octanol–water partition coefficient (Wildman–Crippen LogP) is -1.75. The summed E-state index contributed by atoms with van der Waals surface area (Å²) in [5.74, 6) is 0. The van der Waals surface area contributed by atoms with Gasteiger partial charge in [-0.1, -0.05) is 36.4 Å². The van der Waals surface area contributed by atoms with E-state index in [1.807, 2.05) is 42.5 Å². The molecule has 1 aromatic heterocycles. The molecule has 0 aliphatic heterocycles. The number of aromatic amines is 1. The van der Waals surface area contributed by atoms with Crippen LogP contribution in [0.25, 0.3) is 6.08 Å². The first-order valence-electron chi connectivity index (χ1n) is 4.61. The van der Waals surface area contributed by atoms with E-state index >= 15 is 0 Å². The third-order valence-electron chi connectivity index (χ3n) is 1.81. The number of H-pyrrole nitrogens is 1. The minimum atomic E-state index is 0. The summed E-state index contributed by atoms with van der Waals surface area (Å²) in [6.07, 6.45) is 8.84. The number of allylic oxidation sites excluding steroid dienone is 1. The van der Waals surface area contributed by atoms with E-state index in [0.717, 1.165) is 5.56 Å². The van der Waals surface area contributed by atoms with Gasteiger partial charge in [0.25, 0.3) is 6.33 Å². The van der Waals surface area contributed by atoms with Crippen LogP contribution in [0, 0.1) is 0 Å². The van der Waals surface area contributed by atoms with Crippen molar-refractivity contribution in [2.75, 3.05) is 0 Å². The van der Waals surface area contributed by atoms with Crippen molar-refractivity contribution in [2.24, 2.45) is 5.10 Å². The lowest BCUT2D eigenvalue weighted by molar-refractivity contribution is -0.678. The lowest BCUT2D eigenvalue weighted by Crippen LogP contribution is -3.00. The van der Waals surface area contributed by atoms with Crippen LogP contribution in [0.15, 0.2) is 54.2 Å². The van der Waals surface area contributed by atoms with Crippen LogP contribution in [0.3, 0.4) is 0 Å². The van der Waals surface area contributed by atoms with Gasteiger partial charge in [-0.05, 0) is 11.6 Å². The summed E-state index contributed by atoms with van der Waals surface area (Å²) < 4.78 is 1.59. The van der Waals surface area contributed by atoms with E-state index in [0.29, 0.717) is 0 Å². The van der Waals surface area contributed by atoms with E-state index in [2.05, 4.69) is 15.3 Å². The fraction of sp³-hybridized carbons (Fsp3) is 0. The second-order valence-electron chi connectivity index (χ2n) is 2.92. The smallest absolute Gasteiger partial charge is 0.288 e. The van der Waals surface area contributed by atoms with Crippen molar-refractivity contribution in [2.45, 2.75) is 0 Å². The van der Waals surface area contributed by atoms with Crippen LogP contribution < -0.4 is 17.1 Å². The van der Waals surface area contributed by atoms with E-state index in [1.165, 1.54) is 0 Å². The third-order valence-corrected chi connectivity index (χ3v) is 1.81.